The third kappa shape index (κ3) is 11.8. The molecule has 344 valence electrons. The number of urea groups is 1. The van der Waals surface area contributed by atoms with Crippen molar-refractivity contribution >= 4 is 40.8 Å². The molecule has 5 heterocycles. The summed E-state index contributed by atoms with van der Waals surface area (Å²) in [6.45, 7) is 11.1. The number of nitrogens with zero attached hydrogens (tertiary/aromatic N) is 7. The number of rotatable bonds is 16. The molecule has 3 saturated heterocycles. The van der Waals surface area contributed by atoms with Crippen molar-refractivity contribution in [1.29, 1.82) is 0 Å². The number of ether oxygens (including phenoxy) is 3. The minimum absolute atomic E-state index is 0.0251. The summed E-state index contributed by atoms with van der Waals surface area (Å²) >= 11 is 0. The van der Waals surface area contributed by atoms with Gasteiger partial charge < -0.3 is 48.4 Å². The van der Waals surface area contributed by atoms with Crippen LogP contribution in [-0.2, 0) is 43.7 Å². The van der Waals surface area contributed by atoms with Gasteiger partial charge in [-0.15, -0.1) is 0 Å². The van der Waals surface area contributed by atoms with E-state index in [9.17, 15) is 24.0 Å². The highest BCUT2D eigenvalue weighted by molar-refractivity contribution is 5.91. The summed E-state index contributed by atoms with van der Waals surface area (Å²) in [5.74, 6) is -0.868. The van der Waals surface area contributed by atoms with Crippen LogP contribution in [0.3, 0.4) is 0 Å². The van der Waals surface area contributed by atoms with E-state index in [1.807, 2.05) is 54.1 Å². The van der Waals surface area contributed by atoms with Gasteiger partial charge in [0.25, 0.3) is 5.91 Å². The highest BCUT2D eigenvalue weighted by Gasteiger charge is 2.37. The Hall–Kier alpha value is -4.97. The Kier molecular flexibility index (Phi) is 15.8. The largest absolute Gasteiger partial charge is 0.466 e. The van der Waals surface area contributed by atoms with Crippen LogP contribution >= 0.6 is 0 Å². The molecular formula is C46H66N8O9. The molecule has 1 N–H and O–H groups in total. The van der Waals surface area contributed by atoms with Crippen molar-refractivity contribution in [3.63, 3.8) is 0 Å². The van der Waals surface area contributed by atoms with Gasteiger partial charge in [0.1, 0.15) is 0 Å². The number of para-hydroxylation sites is 1. The Morgan fingerprint density at radius 3 is 2.37 bits per heavy atom. The smallest absolute Gasteiger partial charge is 0.419 e. The number of nitrogens with one attached hydrogen (secondary N) is 1. The highest BCUT2D eigenvalue weighted by Crippen LogP contribution is 2.27. The maximum absolute atomic E-state index is 14.4. The lowest BCUT2D eigenvalue weighted by atomic mass is 10.0. The molecule has 17 heteroatoms. The molecular weight excluding hydrogens is 809 g/mol. The number of piperidine rings is 2. The second kappa shape index (κ2) is 21.6. The molecule has 0 radical (unpaired) electrons. The molecule has 63 heavy (non-hydrogen) atoms. The number of carbonyl (C=O) groups is 4. The SMILES string of the molecule is COCCN(C)CCCOC(=O)CCN1CCC(N2CCN(C(=O)[C@@H](Cc3cc(C)c4c(c3)oc(=O)n4C)OC(=O)N3CCC(N4CCc5ccccc5NC4=O)CC3)CC2)CC1. The van der Waals surface area contributed by atoms with E-state index in [1.165, 1.54) is 4.57 Å². The maximum Gasteiger partial charge on any atom is 0.419 e. The summed E-state index contributed by atoms with van der Waals surface area (Å²) < 4.78 is 23.7. The second-order valence-electron chi connectivity index (χ2n) is 17.6. The van der Waals surface area contributed by atoms with Crippen LogP contribution in [0.1, 0.15) is 55.2 Å². The van der Waals surface area contributed by atoms with Gasteiger partial charge in [0.15, 0.2) is 11.7 Å². The minimum atomic E-state index is -1.08. The highest BCUT2D eigenvalue weighted by atomic mass is 16.6. The van der Waals surface area contributed by atoms with Crippen molar-refractivity contribution in [3.05, 3.63) is 63.6 Å². The summed E-state index contributed by atoms with van der Waals surface area (Å²) in [6, 6.07) is 11.8. The first-order valence-electron chi connectivity index (χ1n) is 22.8. The topological polar surface area (TPSA) is 163 Å². The number of likely N-dealkylation sites (N-methyl/N-ethyl adjacent to an activating group) is 1. The average Bonchev–Trinajstić information content (AvgIpc) is 3.47. The van der Waals surface area contributed by atoms with Gasteiger partial charge in [0.2, 0.25) is 0 Å². The molecule has 0 saturated carbocycles. The number of benzene rings is 2. The number of esters is 1. The van der Waals surface area contributed by atoms with Crippen LogP contribution < -0.4 is 11.1 Å². The van der Waals surface area contributed by atoms with E-state index < -0.39 is 18.0 Å². The predicted molar refractivity (Wildman–Crippen MR) is 238 cm³/mol. The molecule has 17 nitrogen and oxygen atoms in total. The summed E-state index contributed by atoms with van der Waals surface area (Å²) in [5.41, 5.74) is 4.60. The van der Waals surface area contributed by atoms with Crippen molar-refractivity contribution in [2.45, 2.75) is 76.5 Å². The van der Waals surface area contributed by atoms with Crippen molar-refractivity contribution in [1.82, 2.24) is 34.0 Å². The van der Waals surface area contributed by atoms with Gasteiger partial charge in [-0.25, -0.2) is 14.4 Å². The van der Waals surface area contributed by atoms with E-state index in [0.29, 0.717) is 102 Å². The molecule has 0 aliphatic carbocycles. The number of oxazole rings is 1. The fourth-order valence-corrected chi connectivity index (χ4v) is 9.61. The second-order valence-corrected chi connectivity index (χ2v) is 17.6. The van der Waals surface area contributed by atoms with Crippen molar-refractivity contribution < 1.29 is 37.8 Å². The average molecular weight is 875 g/mol. The number of carbonyl (C=O) groups excluding carboxylic acids is 4. The van der Waals surface area contributed by atoms with Gasteiger partial charge in [-0.2, -0.15) is 0 Å². The summed E-state index contributed by atoms with van der Waals surface area (Å²) in [4.78, 5) is 78.5. The number of anilines is 1. The quantitative estimate of drug-likeness (QED) is 0.165. The first kappa shape index (κ1) is 46.0. The first-order valence-corrected chi connectivity index (χ1v) is 22.8. The normalized spacial score (nSPS) is 18.9. The Bertz CT molecular complexity index is 2100. The minimum Gasteiger partial charge on any atom is -0.466 e. The Morgan fingerprint density at radius 2 is 1.62 bits per heavy atom. The van der Waals surface area contributed by atoms with Crippen LogP contribution in [0, 0.1) is 6.92 Å². The third-order valence-corrected chi connectivity index (χ3v) is 13.3. The van der Waals surface area contributed by atoms with E-state index in [1.54, 1.807) is 25.1 Å². The number of piperazine rings is 1. The number of aromatic nitrogens is 1. The molecule has 3 fully saturated rings. The Morgan fingerprint density at radius 1 is 0.889 bits per heavy atom. The molecule has 4 amide bonds. The van der Waals surface area contributed by atoms with Gasteiger partial charge in [0.05, 0.1) is 25.2 Å². The maximum atomic E-state index is 14.4. The van der Waals surface area contributed by atoms with E-state index in [0.717, 1.165) is 74.2 Å². The van der Waals surface area contributed by atoms with Crippen molar-refractivity contribution in [3.8, 4) is 0 Å². The van der Waals surface area contributed by atoms with Crippen LogP contribution in [0.15, 0.2) is 45.6 Å². The zero-order chi connectivity index (χ0) is 44.5. The number of fused-ring (bicyclic) bond motifs is 2. The number of aryl methyl sites for hydroxylation is 2. The fraction of sp³-hybridized carbons (Fsp3) is 0.630. The zero-order valence-corrected chi connectivity index (χ0v) is 37.6. The van der Waals surface area contributed by atoms with Crippen LogP contribution in [0.2, 0.25) is 0 Å². The predicted octanol–water partition coefficient (Wildman–Crippen LogP) is 3.55. The van der Waals surface area contributed by atoms with Crippen molar-refractivity contribution in [2.75, 3.05) is 111 Å². The van der Waals surface area contributed by atoms with E-state index >= 15 is 0 Å². The third-order valence-electron chi connectivity index (χ3n) is 13.3. The number of hydrogen-bond acceptors (Lipinski definition) is 12. The molecule has 0 bridgehead atoms. The zero-order valence-electron chi connectivity index (χ0n) is 37.6. The number of hydrogen-bond donors (Lipinski definition) is 1. The standard InChI is InChI=1S/C46H66N8O9/c1-33-30-34(31-39-42(33)49(3)45(58)62-39)32-40(63-46(59)53-20-13-37(14-21-53)54-22-10-35-8-5-6-9-38(35)47-44(54)57)43(56)52-25-23-51(24-26-52)36-11-17-50(18-12-36)19-15-41(55)61-28-7-16-48(2)27-29-60-4/h5-6,8-9,30-31,36-37,40H,7,10-29,32H2,1-4H3,(H,47,57)/t40-/m1/s1. The van der Waals surface area contributed by atoms with Gasteiger partial charge in [-0.05, 0) is 94.4 Å². The van der Waals surface area contributed by atoms with Crippen LogP contribution in [0.4, 0.5) is 15.3 Å². The molecule has 1 atom stereocenters. The molecule has 2 aromatic carbocycles. The fourth-order valence-electron chi connectivity index (χ4n) is 9.61. The van der Waals surface area contributed by atoms with Crippen LogP contribution in [0.25, 0.3) is 11.1 Å². The van der Waals surface area contributed by atoms with Gasteiger partial charge in [-0.3, -0.25) is 19.1 Å². The number of likely N-dealkylation sites (tertiary alicyclic amines) is 2. The number of amides is 4. The van der Waals surface area contributed by atoms with Gasteiger partial charge in [0, 0.05) is 104 Å². The molecule has 0 unspecified atom stereocenters. The molecule has 4 aliphatic heterocycles. The van der Waals surface area contributed by atoms with E-state index in [-0.39, 0.29) is 30.4 Å². The summed E-state index contributed by atoms with van der Waals surface area (Å²) in [6.07, 6.45) is 3.60. The van der Waals surface area contributed by atoms with E-state index in [2.05, 4.69) is 20.0 Å². The number of methoxy groups -OCH3 is 1. The van der Waals surface area contributed by atoms with Gasteiger partial charge >= 0.3 is 23.8 Å². The Labute approximate surface area is 370 Å². The summed E-state index contributed by atoms with van der Waals surface area (Å²) in [7, 11) is 5.38. The monoisotopic (exact) mass is 874 g/mol. The van der Waals surface area contributed by atoms with Crippen molar-refractivity contribution in [2.24, 2.45) is 7.05 Å². The molecule has 0 spiro atoms. The van der Waals surface area contributed by atoms with E-state index in [4.69, 9.17) is 18.6 Å². The van der Waals surface area contributed by atoms with Crippen LogP contribution in [-0.4, -0.2) is 182 Å². The summed E-state index contributed by atoms with van der Waals surface area (Å²) in [5, 5.41) is 3.05. The molecule has 7 rings (SSSR count). The molecule has 4 aliphatic rings. The Balaban J connectivity index is 0.903. The first-order chi connectivity index (χ1) is 30.5. The molecule has 3 aromatic rings. The van der Waals surface area contributed by atoms with Crippen LogP contribution in [0.5, 0.6) is 0 Å². The lowest BCUT2D eigenvalue weighted by Gasteiger charge is -2.43. The molecule has 1 aromatic heterocycles. The lowest BCUT2D eigenvalue weighted by Crippen LogP contribution is -2.56. The lowest BCUT2D eigenvalue weighted by molar-refractivity contribution is -0.145. The van der Waals surface area contributed by atoms with Gasteiger partial charge in [-0.1, -0.05) is 24.3 Å².